The summed E-state index contributed by atoms with van der Waals surface area (Å²) in [5.74, 6) is 1.85. The van der Waals surface area contributed by atoms with Crippen molar-refractivity contribution in [2.45, 2.75) is 38.8 Å². The summed E-state index contributed by atoms with van der Waals surface area (Å²) in [5.41, 5.74) is 0.414. The van der Waals surface area contributed by atoms with Gasteiger partial charge in [-0.15, -0.1) is 5.10 Å². The number of aromatic nitrogens is 3. The Morgan fingerprint density at radius 1 is 1.60 bits per heavy atom. The molecule has 6 nitrogen and oxygen atoms in total. The third-order valence-electron chi connectivity index (χ3n) is 3.38. The maximum absolute atomic E-state index is 12.1. The molecule has 112 valence electrons. The lowest BCUT2D eigenvalue weighted by Crippen LogP contribution is -2.34. The summed E-state index contributed by atoms with van der Waals surface area (Å²) in [4.78, 5) is 12.1. The molecule has 1 aliphatic heterocycles. The number of nitrogens with zero attached hydrogens (tertiary/aromatic N) is 3. The van der Waals surface area contributed by atoms with E-state index in [9.17, 15) is 4.79 Å². The van der Waals surface area contributed by atoms with Gasteiger partial charge in [-0.05, 0) is 38.6 Å². The summed E-state index contributed by atoms with van der Waals surface area (Å²) >= 11 is 1.82. The molecule has 1 aromatic heterocycles. The zero-order chi connectivity index (χ0) is 14.4. The maximum atomic E-state index is 12.1. The third kappa shape index (κ3) is 4.21. The summed E-state index contributed by atoms with van der Waals surface area (Å²) in [6.45, 7) is 6.12. The van der Waals surface area contributed by atoms with E-state index in [1.807, 2.05) is 23.4 Å². The van der Waals surface area contributed by atoms with Crippen LogP contribution >= 0.6 is 11.8 Å². The highest BCUT2D eigenvalue weighted by Gasteiger charge is 2.19. The molecule has 0 bridgehead atoms. The predicted molar refractivity (Wildman–Crippen MR) is 81.1 cm³/mol. The first-order valence-corrected chi connectivity index (χ1v) is 8.37. The van der Waals surface area contributed by atoms with Crippen LogP contribution in [-0.2, 0) is 0 Å². The zero-order valence-electron chi connectivity index (χ0n) is 12.1. The molecular weight excluding hydrogens is 274 g/mol. The van der Waals surface area contributed by atoms with E-state index < -0.39 is 0 Å². The molecule has 1 saturated heterocycles. The highest BCUT2D eigenvalue weighted by Crippen LogP contribution is 2.17. The summed E-state index contributed by atoms with van der Waals surface area (Å²) in [6, 6.07) is 0.509. The van der Waals surface area contributed by atoms with Crippen LogP contribution in [0.25, 0.3) is 0 Å². The summed E-state index contributed by atoms with van der Waals surface area (Å²) in [6.07, 6.45) is 3.84. The highest BCUT2D eigenvalue weighted by molar-refractivity contribution is 7.99. The van der Waals surface area contributed by atoms with Crippen LogP contribution in [0.5, 0.6) is 0 Å². The van der Waals surface area contributed by atoms with E-state index in [-0.39, 0.29) is 11.9 Å². The molecule has 0 radical (unpaired) electrons. The van der Waals surface area contributed by atoms with Crippen LogP contribution in [0, 0.1) is 0 Å². The minimum atomic E-state index is -0.130. The van der Waals surface area contributed by atoms with Crippen molar-refractivity contribution in [3.8, 4) is 0 Å². The van der Waals surface area contributed by atoms with Gasteiger partial charge in [0, 0.05) is 11.8 Å². The fourth-order valence-corrected chi connectivity index (χ4v) is 2.94. The molecule has 7 heteroatoms. The Morgan fingerprint density at radius 3 is 3.05 bits per heavy atom. The zero-order valence-corrected chi connectivity index (χ0v) is 12.9. The molecule has 2 N–H and O–H groups in total. The standard InChI is InChI=1S/C13H23N5OS/c1-3-20-9-10(2)15-13(19)12-8-18(17-16-12)11-4-6-14-7-5-11/h8,10-11,14H,3-7,9H2,1-2H3,(H,15,19). The number of hydrogen-bond acceptors (Lipinski definition) is 5. The fraction of sp³-hybridized carbons (Fsp3) is 0.769. The van der Waals surface area contributed by atoms with Crippen molar-refractivity contribution in [2.75, 3.05) is 24.6 Å². The monoisotopic (exact) mass is 297 g/mol. The number of nitrogens with one attached hydrogen (secondary N) is 2. The number of rotatable bonds is 6. The van der Waals surface area contributed by atoms with E-state index in [4.69, 9.17) is 0 Å². The van der Waals surface area contributed by atoms with E-state index in [2.05, 4.69) is 27.9 Å². The minimum absolute atomic E-state index is 0.130. The van der Waals surface area contributed by atoms with Gasteiger partial charge >= 0.3 is 0 Å². The van der Waals surface area contributed by atoms with Crippen LogP contribution < -0.4 is 10.6 Å². The van der Waals surface area contributed by atoms with E-state index >= 15 is 0 Å². The van der Waals surface area contributed by atoms with Crippen LogP contribution in [-0.4, -0.2) is 51.5 Å². The van der Waals surface area contributed by atoms with Crippen LogP contribution in [0.2, 0.25) is 0 Å². The van der Waals surface area contributed by atoms with E-state index in [1.54, 1.807) is 6.20 Å². The minimum Gasteiger partial charge on any atom is -0.347 e. The van der Waals surface area contributed by atoms with Gasteiger partial charge in [0.2, 0.25) is 0 Å². The van der Waals surface area contributed by atoms with Crippen LogP contribution in [0.15, 0.2) is 6.20 Å². The van der Waals surface area contributed by atoms with E-state index in [0.29, 0.717) is 11.7 Å². The van der Waals surface area contributed by atoms with Crippen LogP contribution in [0.1, 0.15) is 43.2 Å². The molecule has 1 fully saturated rings. The molecule has 1 aromatic rings. The van der Waals surface area contributed by atoms with Crippen molar-refractivity contribution in [3.63, 3.8) is 0 Å². The molecule has 1 amide bonds. The second-order valence-electron chi connectivity index (χ2n) is 5.10. The molecule has 1 aliphatic rings. The number of hydrogen-bond donors (Lipinski definition) is 2. The van der Waals surface area contributed by atoms with Gasteiger partial charge < -0.3 is 10.6 Å². The van der Waals surface area contributed by atoms with Gasteiger partial charge in [-0.3, -0.25) is 4.79 Å². The molecule has 20 heavy (non-hydrogen) atoms. The number of amides is 1. The Morgan fingerprint density at radius 2 is 2.35 bits per heavy atom. The number of carbonyl (C=O) groups is 1. The number of piperidine rings is 1. The van der Waals surface area contributed by atoms with Crippen molar-refractivity contribution >= 4 is 17.7 Å². The van der Waals surface area contributed by atoms with Crippen molar-refractivity contribution in [1.82, 2.24) is 25.6 Å². The van der Waals surface area contributed by atoms with Crippen LogP contribution in [0.4, 0.5) is 0 Å². The first kappa shape index (κ1) is 15.3. The van der Waals surface area contributed by atoms with E-state index in [0.717, 1.165) is 37.4 Å². The van der Waals surface area contributed by atoms with Gasteiger partial charge in [0.25, 0.3) is 5.91 Å². The topological polar surface area (TPSA) is 71.8 Å². The van der Waals surface area contributed by atoms with Crippen molar-refractivity contribution in [2.24, 2.45) is 0 Å². The summed E-state index contributed by atoms with van der Waals surface area (Å²) < 4.78 is 1.83. The molecule has 0 aromatic carbocycles. The van der Waals surface area contributed by atoms with Gasteiger partial charge in [-0.1, -0.05) is 12.1 Å². The average Bonchev–Trinajstić information content (AvgIpc) is 2.96. The maximum Gasteiger partial charge on any atom is 0.273 e. The Hall–Kier alpha value is -1.08. The molecule has 2 rings (SSSR count). The van der Waals surface area contributed by atoms with Gasteiger partial charge in [0.1, 0.15) is 0 Å². The number of thioether (sulfide) groups is 1. The van der Waals surface area contributed by atoms with Gasteiger partial charge in [-0.2, -0.15) is 11.8 Å². The lowest BCUT2D eigenvalue weighted by Gasteiger charge is -2.22. The molecule has 2 heterocycles. The molecule has 1 unspecified atom stereocenters. The second-order valence-corrected chi connectivity index (χ2v) is 6.42. The second kappa shape index (κ2) is 7.64. The molecule has 1 atom stereocenters. The normalized spacial score (nSPS) is 17.9. The number of carbonyl (C=O) groups excluding carboxylic acids is 1. The van der Waals surface area contributed by atoms with E-state index in [1.165, 1.54) is 0 Å². The van der Waals surface area contributed by atoms with Gasteiger partial charge in [-0.25, -0.2) is 4.68 Å². The molecule has 0 aliphatic carbocycles. The largest absolute Gasteiger partial charge is 0.347 e. The lowest BCUT2D eigenvalue weighted by molar-refractivity contribution is 0.0938. The fourth-order valence-electron chi connectivity index (χ4n) is 2.26. The molecule has 0 saturated carbocycles. The predicted octanol–water partition coefficient (Wildman–Crippen LogP) is 1.07. The van der Waals surface area contributed by atoms with Crippen molar-refractivity contribution in [3.05, 3.63) is 11.9 Å². The Labute approximate surface area is 124 Å². The van der Waals surface area contributed by atoms with Crippen molar-refractivity contribution in [1.29, 1.82) is 0 Å². The summed E-state index contributed by atoms with van der Waals surface area (Å²) in [7, 11) is 0. The Balaban J connectivity index is 1.88. The third-order valence-corrected chi connectivity index (χ3v) is 4.52. The van der Waals surface area contributed by atoms with Crippen LogP contribution in [0.3, 0.4) is 0 Å². The average molecular weight is 297 g/mol. The first-order chi connectivity index (χ1) is 9.70. The first-order valence-electron chi connectivity index (χ1n) is 7.22. The summed E-state index contributed by atoms with van der Waals surface area (Å²) in [5, 5.41) is 14.4. The van der Waals surface area contributed by atoms with Crippen molar-refractivity contribution < 1.29 is 4.79 Å². The van der Waals surface area contributed by atoms with Gasteiger partial charge in [0.05, 0.1) is 12.2 Å². The molecular formula is C13H23N5OS. The Kier molecular flexibility index (Phi) is 5.85. The Bertz CT molecular complexity index is 430. The van der Waals surface area contributed by atoms with Gasteiger partial charge in [0.15, 0.2) is 5.69 Å². The molecule has 0 spiro atoms. The quantitative estimate of drug-likeness (QED) is 0.822. The lowest BCUT2D eigenvalue weighted by atomic mass is 10.1. The smallest absolute Gasteiger partial charge is 0.273 e. The highest BCUT2D eigenvalue weighted by atomic mass is 32.2. The SMILES string of the molecule is CCSCC(C)NC(=O)c1cn(C2CCNCC2)nn1.